The Morgan fingerprint density at radius 1 is 1.06 bits per heavy atom. The van der Waals surface area contributed by atoms with Gasteiger partial charge in [0, 0.05) is 18.1 Å². The van der Waals surface area contributed by atoms with Gasteiger partial charge >= 0.3 is 0 Å². The van der Waals surface area contributed by atoms with E-state index in [-0.39, 0.29) is 0 Å². The minimum absolute atomic E-state index is 0.726. The third-order valence-electron chi connectivity index (χ3n) is 5.06. The lowest BCUT2D eigenvalue weighted by molar-refractivity contribution is 0.0887. The molecule has 0 aromatic heterocycles. The standard InChI is InChI=1S/C16H32N2/c1-4-18(16-8-6-5-7-9-16)14(3)13(2)12-17-15-10-11-15/h13-17H,4-12H2,1-3H3. The lowest BCUT2D eigenvalue weighted by atomic mass is 9.91. The van der Waals surface area contributed by atoms with E-state index in [1.807, 2.05) is 0 Å². The number of rotatable bonds is 7. The Morgan fingerprint density at radius 2 is 1.72 bits per heavy atom. The molecule has 106 valence electrons. The third-order valence-corrected chi connectivity index (χ3v) is 5.06. The minimum atomic E-state index is 0.726. The van der Waals surface area contributed by atoms with Gasteiger partial charge in [-0.2, -0.15) is 0 Å². The van der Waals surface area contributed by atoms with Crippen LogP contribution in [-0.4, -0.2) is 36.1 Å². The van der Waals surface area contributed by atoms with E-state index in [1.54, 1.807) is 0 Å². The van der Waals surface area contributed by atoms with Crippen molar-refractivity contribution in [3.63, 3.8) is 0 Å². The maximum absolute atomic E-state index is 3.69. The lowest BCUT2D eigenvalue weighted by Crippen LogP contribution is -2.47. The van der Waals surface area contributed by atoms with Crippen LogP contribution in [0.3, 0.4) is 0 Å². The van der Waals surface area contributed by atoms with Crippen molar-refractivity contribution in [2.45, 2.75) is 83.8 Å². The topological polar surface area (TPSA) is 15.3 Å². The van der Waals surface area contributed by atoms with Gasteiger partial charge in [0.15, 0.2) is 0 Å². The summed E-state index contributed by atoms with van der Waals surface area (Å²) in [5, 5.41) is 3.69. The zero-order valence-electron chi connectivity index (χ0n) is 12.6. The van der Waals surface area contributed by atoms with E-state index in [0.29, 0.717) is 0 Å². The summed E-state index contributed by atoms with van der Waals surface area (Å²) in [5.74, 6) is 0.771. The number of nitrogens with zero attached hydrogens (tertiary/aromatic N) is 1. The number of nitrogens with one attached hydrogen (secondary N) is 1. The molecule has 0 aromatic carbocycles. The van der Waals surface area contributed by atoms with Gasteiger partial charge in [0.2, 0.25) is 0 Å². The van der Waals surface area contributed by atoms with Gasteiger partial charge in [-0.25, -0.2) is 0 Å². The van der Waals surface area contributed by atoms with Crippen molar-refractivity contribution in [3.05, 3.63) is 0 Å². The van der Waals surface area contributed by atoms with Gasteiger partial charge in [-0.15, -0.1) is 0 Å². The van der Waals surface area contributed by atoms with Crippen LogP contribution >= 0.6 is 0 Å². The molecule has 2 saturated carbocycles. The first-order valence-electron chi connectivity index (χ1n) is 8.21. The third kappa shape index (κ3) is 3.96. The van der Waals surface area contributed by atoms with Crippen LogP contribution in [0.25, 0.3) is 0 Å². The second kappa shape index (κ2) is 6.91. The molecule has 2 fully saturated rings. The molecule has 2 rings (SSSR count). The molecule has 0 heterocycles. The molecule has 2 aliphatic rings. The molecular weight excluding hydrogens is 220 g/mol. The quantitative estimate of drug-likeness (QED) is 0.747. The molecule has 0 amide bonds. The predicted molar refractivity (Wildman–Crippen MR) is 78.9 cm³/mol. The van der Waals surface area contributed by atoms with E-state index in [1.165, 1.54) is 58.0 Å². The Kier molecular flexibility index (Phi) is 5.50. The van der Waals surface area contributed by atoms with Crippen molar-refractivity contribution < 1.29 is 0 Å². The van der Waals surface area contributed by atoms with Crippen LogP contribution in [0.5, 0.6) is 0 Å². The molecule has 2 atom stereocenters. The number of hydrogen-bond acceptors (Lipinski definition) is 2. The van der Waals surface area contributed by atoms with Crippen molar-refractivity contribution in [1.82, 2.24) is 10.2 Å². The van der Waals surface area contributed by atoms with Gasteiger partial charge in [0.25, 0.3) is 0 Å². The summed E-state index contributed by atoms with van der Waals surface area (Å²) in [6, 6.07) is 2.44. The first kappa shape index (κ1) is 14.3. The molecule has 0 spiro atoms. The SMILES string of the molecule is CCN(C1CCCCC1)C(C)C(C)CNC1CC1. The molecule has 2 aliphatic carbocycles. The van der Waals surface area contributed by atoms with Crippen LogP contribution in [0.4, 0.5) is 0 Å². The van der Waals surface area contributed by atoms with Gasteiger partial charge in [0.05, 0.1) is 0 Å². The summed E-state index contributed by atoms with van der Waals surface area (Å²) in [5.41, 5.74) is 0. The highest BCUT2D eigenvalue weighted by Gasteiger charge is 2.28. The molecule has 2 heteroatoms. The van der Waals surface area contributed by atoms with Gasteiger partial charge in [0.1, 0.15) is 0 Å². The van der Waals surface area contributed by atoms with E-state index < -0.39 is 0 Å². The molecule has 2 unspecified atom stereocenters. The van der Waals surface area contributed by atoms with E-state index in [9.17, 15) is 0 Å². The Morgan fingerprint density at radius 3 is 2.28 bits per heavy atom. The summed E-state index contributed by atoms with van der Waals surface area (Å²) < 4.78 is 0. The molecular formula is C16H32N2. The van der Waals surface area contributed by atoms with Crippen molar-refractivity contribution >= 4 is 0 Å². The Balaban J connectivity index is 1.80. The largest absolute Gasteiger partial charge is 0.314 e. The fraction of sp³-hybridized carbons (Fsp3) is 1.00. The normalized spacial score (nSPS) is 25.3. The Bertz CT molecular complexity index is 231. The molecule has 1 N–H and O–H groups in total. The summed E-state index contributed by atoms with van der Waals surface area (Å²) in [6.07, 6.45) is 10.0. The summed E-state index contributed by atoms with van der Waals surface area (Å²) in [4.78, 5) is 2.78. The fourth-order valence-corrected chi connectivity index (χ4v) is 3.43. The van der Waals surface area contributed by atoms with Crippen LogP contribution in [0.1, 0.15) is 65.7 Å². The summed E-state index contributed by atoms with van der Waals surface area (Å²) in [7, 11) is 0. The van der Waals surface area contributed by atoms with Crippen LogP contribution < -0.4 is 5.32 Å². The van der Waals surface area contributed by atoms with E-state index in [4.69, 9.17) is 0 Å². The lowest BCUT2D eigenvalue weighted by Gasteiger charge is -2.40. The van der Waals surface area contributed by atoms with Gasteiger partial charge < -0.3 is 5.32 Å². The Hall–Kier alpha value is -0.0800. The van der Waals surface area contributed by atoms with E-state index in [2.05, 4.69) is 31.0 Å². The Labute approximate surface area is 114 Å². The molecule has 0 radical (unpaired) electrons. The van der Waals surface area contributed by atoms with Crippen molar-refractivity contribution in [1.29, 1.82) is 0 Å². The molecule has 0 aliphatic heterocycles. The average Bonchev–Trinajstić information content (AvgIpc) is 3.22. The van der Waals surface area contributed by atoms with Crippen molar-refractivity contribution in [2.75, 3.05) is 13.1 Å². The molecule has 2 nitrogen and oxygen atoms in total. The second-order valence-electron chi connectivity index (χ2n) is 6.52. The summed E-state index contributed by atoms with van der Waals surface area (Å²) in [6.45, 7) is 9.63. The minimum Gasteiger partial charge on any atom is -0.314 e. The highest BCUT2D eigenvalue weighted by molar-refractivity contribution is 4.85. The smallest absolute Gasteiger partial charge is 0.0107 e. The fourth-order valence-electron chi connectivity index (χ4n) is 3.43. The highest BCUT2D eigenvalue weighted by Crippen LogP contribution is 2.26. The van der Waals surface area contributed by atoms with E-state index >= 15 is 0 Å². The van der Waals surface area contributed by atoms with Gasteiger partial charge in [-0.3, -0.25) is 4.90 Å². The van der Waals surface area contributed by atoms with Gasteiger partial charge in [-0.1, -0.05) is 33.1 Å². The first-order chi connectivity index (χ1) is 8.72. The molecule has 0 saturated heterocycles. The zero-order valence-corrected chi connectivity index (χ0v) is 12.6. The van der Waals surface area contributed by atoms with Gasteiger partial charge in [-0.05, 0) is 51.6 Å². The van der Waals surface area contributed by atoms with Crippen molar-refractivity contribution in [2.24, 2.45) is 5.92 Å². The maximum Gasteiger partial charge on any atom is 0.0107 e. The van der Waals surface area contributed by atoms with Crippen molar-refractivity contribution in [3.8, 4) is 0 Å². The molecule has 0 bridgehead atoms. The maximum atomic E-state index is 3.69. The monoisotopic (exact) mass is 252 g/mol. The van der Waals surface area contributed by atoms with Crippen LogP contribution in [0.2, 0.25) is 0 Å². The van der Waals surface area contributed by atoms with Crippen LogP contribution in [-0.2, 0) is 0 Å². The van der Waals surface area contributed by atoms with E-state index in [0.717, 1.165) is 24.0 Å². The number of hydrogen-bond donors (Lipinski definition) is 1. The second-order valence-corrected chi connectivity index (χ2v) is 6.52. The summed E-state index contributed by atoms with van der Waals surface area (Å²) >= 11 is 0. The predicted octanol–water partition coefficient (Wildman–Crippen LogP) is 3.42. The molecule has 0 aromatic rings. The zero-order chi connectivity index (χ0) is 13.0. The first-order valence-corrected chi connectivity index (χ1v) is 8.21. The van der Waals surface area contributed by atoms with Crippen LogP contribution in [0, 0.1) is 5.92 Å². The molecule has 18 heavy (non-hydrogen) atoms. The van der Waals surface area contributed by atoms with Crippen LogP contribution in [0.15, 0.2) is 0 Å². The highest BCUT2D eigenvalue weighted by atomic mass is 15.2. The average molecular weight is 252 g/mol.